The van der Waals surface area contributed by atoms with Gasteiger partial charge in [-0.1, -0.05) is 66.2 Å². The molecule has 0 fully saturated rings. The Balaban J connectivity index is 1.96. The first-order valence-electron chi connectivity index (χ1n) is 8.44. The second-order valence-corrected chi connectivity index (χ2v) is 8.42. The van der Waals surface area contributed by atoms with Gasteiger partial charge < -0.3 is 0 Å². The van der Waals surface area contributed by atoms with Gasteiger partial charge in [0, 0.05) is 12.4 Å². The summed E-state index contributed by atoms with van der Waals surface area (Å²) in [5, 5.41) is 4.11. The Morgan fingerprint density at radius 3 is 2.00 bits per heavy atom. The third kappa shape index (κ3) is 2.63. The predicted octanol–water partition coefficient (Wildman–Crippen LogP) is 5.13. The van der Waals surface area contributed by atoms with Crippen molar-refractivity contribution in [3.8, 4) is 0 Å². The van der Waals surface area contributed by atoms with Gasteiger partial charge in [0.05, 0.1) is 10.6 Å². The summed E-state index contributed by atoms with van der Waals surface area (Å²) in [5.41, 5.74) is 1.71. The van der Waals surface area contributed by atoms with Crippen molar-refractivity contribution in [3.05, 3.63) is 84.4 Å². The van der Waals surface area contributed by atoms with Gasteiger partial charge in [0.1, 0.15) is 0 Å². The smallest absolute Gasteiger partial charge is 0.264 e. The van der Waals surface area contributed by atoms with Crippen LogP contribution in [0.3, 0.4) is 0 Å². The highest BCUT2D eigenvalue weighted by Gasteiger charge is 2.23. The second-order valence-electron chi connectivity index (χ2n) is 6.45. The first kappa shape index (κ1) is 16.6. The first-order chi connectivity index (χ1) is 12.5. The minimum absolute atomic E-state index is 0.294. The lowest BCUT2D eigenvalue weighted by atomic mass is 10.0. The van der Waals surface area contributed by atoms with Gasteiger partial charge in [-0.2, -0.15) is 0 Å². The van der Waals surface area contributed by atoms with E-state index in [-0.39, 0.29) is 0 Å². The maximum absolute atomic E-state index is 13.1. The summed E-state index contributed by atoms with van der Waals surface area (Å²) >= 11 is 0. The van der Waals surface area contributed by atoms with E-state index in [0.29, 0.717) is 10.6 Å². The van der Waals surface area contributed by atoms with E-state index in [4.69, 9.17) is 0 Å². The number of nitrogens with zero attached hydrogens (tertiary/aromatic N) is 1. The van der Waals surface area contributed by atoms with Crippen molar-refractivity contribution < 1.29 is 8.42 Å². The summed E-state index contributed by atoms with van der Waals surface area (Å²) in [6.45, 7) is 1.94. The molecule has 0 spiro atoms. The lowest BCUT2D eigenvalue weighted by Gasteiger charge is -2.22. The fourth-order valence-corrected chi connectivity index (χ4v) is 4.50. The average molecular weight is 361 g/mol. The molecule has 0 N–H and O–H groups in total. The number of hydrogen-bond acceptors (Lipinski definition) is 2. The summed E-state index contributed by atoms with van der Waals surface area (Å²) in [5.74, 6) is 0. The molecule has 0 amide bonds. The first-order valence-corrected chi connectivity index (χ1v) is 9.88. The Bertz CT molecular complexity index is 1210. The third-order valence-electron chi connectivity index (χ3n) is 4.76. The van der Waals surface area contributed by atoms with Crippen LogP contribution in [0.5, 0.6) is 0 Å². The molecular weight excluding hydrogens is 342 g/mol. The zero-order valence-corrected chi connectivity index (χ0v) is 15.5. The zero-order valence-electron chi connectivity index (χ0n) is 14.7. The minimum Gasteiger partial charge on any atom is -0.269 e. The minimum atomic E-state index is -3.64. The molecule has 0 radical (unpaired) electrons. The fourth-order valence-electron chi connectivity index (χ4n) is 3.29. The van der Waals surface area contributed by atoms with Crippen LogP contribution in [0.25, 0.3) is 21.5 Å². The lowest BCUT2D eigenvalue weighted by Crippen LogP contribution is -2.26. The van der Waals surface area contributed by atoms with E-state index in [9.17, 15) is 8.42 Å². The number of benzene rings is 4. The van der Waals surface area contributed by atoms with E-state index < -0.39 is 10.0 Å². The Morgan fingerprint density at radius 1 is 0.731 bits per heavy atom. The summed E-state index contributed by atoms with van der Waals surface area (Å²) in [6, 6.07) is 24.9. The standard InChI is InChI=1S/C22H19NO2S/c1-16-11-13-18(14-12-16)26(24,25)23(2)22-15-17-7-3-4-8-19(17)20-9-5-6-10-21(20)22/h3-15H,1-2H3. The predicted molar refractivity (Wildman–Crippen MR) is 108 cm³/mol. The molecule has 3 nitrogen and oxygen atoms in total. The van der Waals surface area contributed by atoms with Gasteiger partial charge in [-0.15, -0.1) is 0 Å². The van der Waals surface area contributed by atoms with Crippen molar-refractivity contribution in [2.45, 2.75) is 11.8 Å². The van der Waals surface area contributed by atoms with Gasteiger partial charge in [-0.3, -0.25) is 4.31 Å². The maximum Gasteiger partial charge on any atom is 0.264 e. The molecule has 130 valence electrons. The summed E-state index contributed by atoms with van der Waals surface area (Å²) in [4.78, 5) is 0.294. The summed E-state index contributed by atoms with van der Waals surface area (Å²) in [7, 11) is -2.02. The van der Waals surface area contributed by atoms with Crippen LogP contribution in [-0.2, 0) is 10.0 Å². The van der Waals surface area contributed by atoms with E-state index in [2.05, 4.69) is 6.07 Å². The Hall–Kier alpha value is -2.85. The highest BCUT2D eigenvalue weighted by Crippen LogP contribution is 2.35. The van der Waals surface area contributed by atoms with Crippen molar-refractivity contribution in [2.75, 3.05) is 11.4 Å². The highest BCUT2D eigenvalue weighted by atomic mass is 32.2. The molecule has 0 aliphatic rings. The zero-order chi connectivity index (χ0) is 18.3. The van der Waals surface area contributed by atoms with Crippen LogP contribution in [-0.4, -0.2) is 15.5 Å². The Morgan fingerprint density at radius 2 is 1.31 bits per heavy atom. The Labute approximate surface area is 153 Å². The average Bonchev–Trinajstić information content (AvgIpc) is 2.67. The van der Waals surface area contributed by atoms with Crippen LogP contribution in [0, 0.1) is 6.92 Å². The van der Waals surface area contributed by atoms with Crippen LogP contribution in [0.4, 0.5) is 5.69 Å². The molecule has 26 heavy (non-hydrogen) atoms. The topological polar surface area (TPSA) is 37.4 Å². The number of rotatable bonds is 3. The van der Waals surface area contributed by atoms with Crippen molar-refractivity contribution in [3.63, 3.8) is 0 Å². The molecular formula is C22H19NO2S. The molecule has 0 aliphatic carbocycles. The molecule has 4 heteroatoms. The Kier molecular flexibility index (Phi) is 3.93. The molecule has 4 rings (SSSR count). The molecule has 0 saturated carbocycles. The van der Waals surface area contributed by atoms with E-state index in [0.717, 1.165) is 27.1 Å². The van der Waals surface area contributed by atoms with Crippen LogP contribution < -0.4 is 4.31 Å². The molecule has 0 saturated heterocycles. The molecule has 0 unspecified atom stereocenters. The van der Waals surface area contributed by atoms with Gasteiger partial charge in [0.15, 0.2) is 0 Å². The second kappa shape index (κ2) is 6.15. The monoisotopic (exact) mass is 361 g/mol. The van der Waals surface area contributed by atoms with Crippen molar-refractivity contribution >= 4 is 37.3 Å². The van der Waals surface area contributed by atoms with Crippen molar-refractivity contribution in [1.29, 1.82) is 0 Å². The van der Waals surface area contributed by atoms with E-state index in [1.807, 2.05) is 67.6 Å². The molecule has 0 aromatic heterocycles. The number of fused-ring (bicyclic) bond motifs is 3. The van der Waals surface area contributed by atoms with Gasteiger partial charge in [0.25, 0.3) is 10.0 Å². The van der Waals surface area contributed by atoms with E-state index in [1.165, 1.54) is 4.31 Å². The summed E-state index contributed by atoms with van der Waals surface area (Å²) < 4.78 is 27.7. The molecule has 0 heterocycles. The number of sulfonamides is 1. The van der Waals surface area contributed by atoms with Crippen LogP contribution >= 0.6 is 0 Å². The number of hydrogen-bond donors (Lipinski definition) is 0. The van der Waals surface area contributed by atoms with Gasteiger partial charge in [-0.25, -0.2) is 8.42 Å². The molecule has 0 aliphatic heterocycles. The molecule has 4 aromatic carbocycles. The SMILES string of the molecule is Cc1ccc(S(=O)(=O)N(C)c2cc3ccccc3c3ccccc23)cc1. The number of anilines is 1. The van der Waals surface area contributed by atoms with Crippen molar-refractivity contribution in [2.24, 2.45) is 0 Å². The van der Waals surface area contributed by atoms with E-state index >= 15 is 0 Å². The van der Waals surface area contributed by atoms with Gasteiger partial charge in [-0.05, 0) is 41.3 Å². The van der Waals surface area contributed by atoms with Gasteiger partial charge >= 0.3 is 0 Å². The van der Waals surface area contributed by atoms with E-state index in [1.54, 1.807) is 19.2 Å². The lowest BCUT2D eigenvalue weighted by molar-refractivity contribution is 0.594. The van der Waals surface area contributed by atoms with Crippen LogP contribution in [0.2, 0.25) is 0 Å². The normalized spacial score (nSPS) is 11.8. The largest absolute Gasteiger partial charge is 0.269 e. The highest BCUT2D eigenvalue weighted by molar-refractivity contribution is 7.92. The third-order valence-corrected chi connectivity index (χ3v) is 6.55. The van der Waals surface area contributed by atoms with Crippen LogP contribution in [0.1, 0.15) is 5.56 Å². The fraction of sp³-hybridized carbons (Fsp3) is 0.0909. The molecule has 4 aromatic rings. The van der Waals surface area contributed by atoms with Gasteiger partial charge in [0.2, 0.25) is 0 Å². The van der Waals surface area contributed by atoms with Crippen molar-refractivity contribution in [1.82, 2.24) is 0 Å². The number of aryl methyl sites for hydroxylation is 1. The summed E-state index contributed by atoms with van der Waals surface area (Å²) in [6.07, 6.45) is 0. The quantitative estimate of drug-likeness (QED) is 0.475. The molecule has 0 atom stereocenters. The van der Waals surface area contributed by atoms with Crippen LogP contribution in [0.15, 0.2) is 83.8 Å². The maximum atomic E-state index is 13.1. The molecule has 0 bridgehead atoms.